The SMILES string of the molecule is Cc1occc1S(C)(=S)=S. The summed E-state index contributed by atoms with van der Waals surface area (Å²) in [6.45, 7) is 1.89. The van der Waals surface area contributed by atoms with Crippen LogP contribution in [0.2, 0.25) is 0 Å². The minimum atomic E-state index is -1.42. The molecule has 0 spiro atoms. The van der Waals surface area contributed by atoms with Crippen LogP contribution in [0.4, 0.5) is 0 Å². The first-order valence-electron chi connectivity index (χ1n) is 2.76. The van der Waals surface area contributed by atoms with E-state index in [0.717, 1.165) is 10.7 Å². The van der Waals surface area contributed by atoms with E-state index in [1.165, 1.54) is 0 Å². The zero-order valence-electron chi connectivity index (χ0n) is 5.79. The van der Waals surface area contributed by atoms with Crippen molar-refractivity contribution in [2.24, 2.45) is 0 Å². The fraction of sp³-hybridized carbons (Fsp3) is 0.333. The van der Waals surface area contributed by atoms with Gasteiger partial charge in [-0.25, -0.2) is 0 Å². The van der Waals surface area contributed by atoms with E-state index in [9.17, 15) is 0 Å². The molecule has 56 valence electrons. The van der Waals surface area contributed by atoms with E-state index in [-0.39, 0.29) is 0 Å². The molecule has 0 atom stereocenters. The van der Waals surface area contributed by atoms with E-state index in [4.69, 9.17) is 26.8 Å². The lowest BCUT2D eigenvalue weighted by Gasteiger charge is -1.98. The molecule has 1 rings (SSSR count). The molecule has 0 N–H and O–H groups in total. The van der Waals surface area contributed by atoms with E-state index in [2.05, 4.69) is 0 Å². The third kappa shape index (κ3) is 1.56. The van der Waals surface area contributed by atoms with Gasteiger partial charge < -0.3 is 4.42 Å². The van der Waals surface area contributed by atoms with Crippen molar-refractivity contribution in [3.05, 3.63) is 18.1 Å². The topological polar surface area (TPSA) is 13.1 Å². The van der Waals surface area contributed by atoms with Crippen molar-refractivity contribution in [1.29, 1.82) is 0 Å². The molecule has 4 heteroatoms. The Morgan fingerprint density at radius 2 is 2.10 bits per heavy atom. The summed E-state index contributed by atoms with van der Waals surface area (Å²) in [6, 6.07) is 1.87. The number of aryl methyl sites for hydroxylation is 1. The van der Waals surface area contributed by atoms with Gasteiger partial charge in [0.2, 0.25) is 0 Å². The van der Waals surface area contributed by atoms with Crippen LogP contribution in [-0.4, -0.2) is 6.26 Å². The molecule has 0 saturated carbocycles. The van der Waals surface area contributed by atoms with Crippen molar-refractivity contribution in [2.45, 2.75) is 11.8 Å². The van der Waals surface area contributed by atoms with Gasteiger partial charge in [-0.2, -0.15) is 0 Å². The van der Waals surface area contributed by atoms with E-state index < -0.39 is 7.15 Å². The number of hydrogen-bond donors (Lipinski definition) is 0. The predicted octanol–water partition coefficient (Wildman–Crippen LogP) is 1.65. The first kappa shape index (κ1) is 8.17. The summed E-state index contributed by atoms with van der Waals surface area (Å²) in [4.78, 5) is 1.01. The molecular formula is C6H8OS3. The van der Waals surface area contributed by atoms with Crippen molar-refractivity contribution in [2.75, 3.05) is 6.26 Å². The van der Waals surface area contributed by atoms with Gasteiger partial charge in [0, 0.05) is 0 Å². The van der Waals surface area contributed by atoms with Gasteiger partial charge in [0.25, 0.3) is 0 Å². The Bertz CT molecular complexity index is 321. The minimum Gasteiger partial charge on any atom is -0.468 e. The molecule has 1 aromatic rings. The van der Waals surface area contributed by atoms with Gasteiger partial charge in [-0.05, 0) is 41.6 Å². The van der Waals surface area contributed by atoms with E-state index >= 15 is 0 Å². The molecular weight excluding hydrogens is 184 g/mol. The molecule has 0 aliphatic rings. The Labute approximate surface area is 70.2 Å². The summed E-state index contributed by atoms with van der Waals surface area (Å²) >= 11 is 10.3. The van der Waals surface area contributed by atoms with E-state index in [0.29, 0.717) is 0 Å². The molecule has 0 aliphatic heterocycles. The van der Waals surface area contributed by atoms with Crippen LogP contribution >= 0.6 is 0 Å². The summed E-state index contributed by atoms with van der Waals surface area (Å²) in [5.41, 5.74) is 0. The molecule has 0 fully saturated rings. The third-order valence-corrected chi connectivity index (χ3v) is 3.51. The average Bonchev–Trinajstić information content (AvgIpc) is 2.11. The maximum Gasteiger partial charge on any atom is 0.114 e. The van der Waals surface area contributed by atoms with Gasteiger partial charge >= 0.3 is 0 Å². The molecule has 1 nitrogen and oxygen atoms in total. The zero-order chi connectivity index (χ0) is 7.78. The lowest BCUT2D eigenvalue weighted by molar-refractivity contribution is 0.527. The molecule has 1 aromatic heterocycles. The van der Waals surface area contributed by atoms with Crippen molar-refractivity contribution in [3.63, 3.8) is 0 Å². The van der Waals surface area contributed by atoms with Crippen LogP contribution in [0.15, 0.2) is 21.6 Å². The van der Waals surface area contributed by atoms with Crippen molar-refractivity contribution in [1.82, 2.24) is 0 Å². The highest BCUT2D eigenvalue weighted by atomic mass is 33.1. The molecule has 10 heavy (non-hydrogen) atoms. The highest BCUT2D eigenvalue weighted by molar-refractivity contribution is 8.56. The van der Waals surface area contributed by atoms with Gasteiger partial charge in [-0.3, -0.25) is 0 Å². The Balaban J connectivity index is 3.32. The predicted molar refractivity (Wildman–Crippen MR) is 49.7 cm³/mol. The van der Waals surface area contributed by atoms with Crippen molar-refractivity contribution >= 4 is 29.5 Å². The van der Waals surface area contributed by atoms with Crippen molar-refractivity contribution in [3.8, 4) is 0 Å². The van der Waals surface area contributed by atoms with Gasteiger partial charge in [0.15, 0.2) is 0 Å². The second kappa shape index (κ2) is 2.60. The van der Waals surface area contributed by atoms with Crippen LogP contribution < -0.4 is 0 Å². The summed E-state index contributed by atoms with van der Waals surface area (Å²) in [7, 11) is -1.42. The van der Waals surface area contributed by atoms with Crippen LogP contribution in [0.1, 0.15) is 5.76 Å². The summed E-state index contributed by atoms with van der Waals surface area (Å²) in [5, 5.41) is 0. The molecule has 0 amide bonds. The first-order valence-corrected chi connectivity index (χ1v) is 6.65. The summed E-state index contributed by atoms with van der Waals surface area (Å²) < 4.78 is 5.08. The Kier molecular flexibility index (Phi) is 2.12. The van der Waals surface area contributed by atoms with Crippen LogP contribution in [0.5, 0.6) is 0 Å². The molecule has 0 aliphatic carbocycles. The van der Waals surface area contributed by atoms with Crippen LogP contribution in [-0.2, 0) is 29.5 Å². The fourth-order valence-corrected chi connectivity index (χ4v) is 2.67. The van der Waals surface area contributed by atoms with Gasteiger partial charge in [-0.15, -0.1) is 0 Å². The van der Waals surface area contributed by atoms with Crippen LogP contribution in [0.25, 0.3) is 0 Å². The van der Waals surface area contributed by atoms with Gasteiger partial charge in [0.1, 0.15) is 5.76 Å². The standard InChI is InChI=1S/C6H8OS3/c1-5-6(3-4-7-5)10(2,8)9/h3-4H,1-2H3. The smallest absolute Gasteiger partial charge is 0.114 e. The average molecular weight is 192 g/mol. The molecule has 0 bridgehead atoms. The van der Waals surface area contributed by atoms with Crippen molar-refractivity contribution < 1.29 is 4.42 Å². The number of furan rings is 1. The van der Waals surface area contributed by atoms with E-state index in [1.54, 1.807) is 6.26 Å². The summed E-state index contributed by atoms with van der Waals surface area (Å²) in [5.74, 6) is 0.863. The van der Waals surface area contributed by atoms with Gasteiger partial charge in [-0.1, -0.05) is 7.15 Å². The monoisotopic (exact) mass is 192 g/mol. The number of hydrogen-bond acceptors (Lipinski definition) is 3. The highest BCUT2D eigenvalue weighted by Crippen LogP contribution is 2.15. The van der Waals surface area contributed by atoms with E-state index in [1.807, 2.05) is 19.2 Å². The molecule has 0 unspecified atom stereocenters. The lowest BCUT2D eigenvalue weighted by atomic mass is 10.5. The largest absolute Gasteiger partial charge is 0.468 e. The van der Waals surface area contributed by atoms with Gasteiger partial charge in [0.05, 0.1) is 11.2 Å². The zero-order valence-corrected chi connectivity index (χ0v) is 8.24. The highest BCUT2D eigenvalue weighted by Gasteiger charge is 2.04. The Morgan fingerprint density at radius 1 is 1.50 bits per heavy atom. The maximum absolute atomic E-state index is 5.13. The Hall–Kier alpha value is 0.0700. The number of rotatable bonds is 1. The quantitative estimate of drug-likeness (QED) is 0.672. The molecule has 0 saturated heterocycles. The summed E-state index contributed by atoms with van der Waals surface area (Å²) in [6.07, 6.45) is 3.53. The third-order valence-electron chi connectivity index (χ3n) is 1.21. The normalized spacial score (nSPS) is 11.8. The van der Waals surface area contributed by atoms with Crippen LogP contribution in [0.3, 0.4) is 0 Å². The Morgan fingerprint density at radius 3 is 2.30 bits per heavy atom. The maximum atomic E-state index is 5.13. The van der Waals surface area contributed by atoms with Crippen LogP contribution in [0, 0.1) is 6.92 Å². The molecule has 1 heterocycles. The second-order valence-corrected chi connectivity index (χ2v) is 8.73. The molecule has 0 radical (unpaired) electrons. The fourth-order valence-electron chi connectivity index (χ4n) is 0.758. The lowest BCUT2D eigenvalue weighted by Crippen LogP contribution is -1.92. The minimum absolute atomic E-state index is 0.863. The second-order valence-electron chi connectivity index (χ2n) is 2.11. The first-order chi connectivity index (χ1) is 4.52. The molecule has 0 aromatic carbocycles.